The van der Waals surface area contributed by atoms with Gasteiger partial charge in [0.05, 0.1) is 17.1 Å². The zero-order chi connectivity index (χ0) is 16.4. The first kappa shape index (κ1) is 14.6. The summed E-state index contributed by atoms with van der Waals surface area (Å²) in [7, 11) is 0. The van der Waals surface area contributed by atoms with Crippen molar-refractivity contribution in [3.05, 3.63) is 91.0 Å². The summed E-state index contributed by atoms with van der Waals surface area (Å²) in [4.78, 5) is 0. The number of para-hydroxylation sites is 3. The van der Waals surface area contributed by atoms with Crippen molar-refractivity contribution in [3.63, 3.8) is 0 Å². The molecule has 0 aromatic heterocycles. The van der Waals surface area contributed by atoms with Gasteiger partial charge in [-0.05, 0) is 48.0 Å². The summed E-state index contributed by atoms with van der Waals surface area (Å²) in [5, 5.41) is 10.6. The van der Waals surface area contributed by atoms with Gasteiger partial charge in [-0.1, -0.05) is 54.6 Å². The molecule has 4 rings (SSSR count). The van der Waals surface area contributed by atoms with E-state index < -0.39 is 0 Å². The minimum atomic E-state index is 0.383. The lowest BCUT2D eigenvalue weighted by Gasteiger charge is -2.35. The molecular formula is C19H15ClN4. The second-order valence-electron chi connectivity index (χ2n) is 5.27. The molecule has 3 aromatic rings. The van der Waals surface area contributed by atoms with E-state index in [0.29, 0.717) is 5.29 Å². The summed E-state index contributed by atoms with van der Waals surface area (Å²) < 4.78 is 0. The van der Waals surface area contributed by atoms with E-state index in [1.54, 1.807) is 5.12 Å². The van der Waals surface area contributed by atoms with Crippen molar-refractivity contribution in [1.82, 2.24) is 0 Å². The predicted octanol–water partition coefficient (Wildman–Crippen LogP) is 4.86. The fourth-order valence-electron chi connectivity index (χ4n) is 2.63. The van der Waals surface area contributed by atoms with E-state index >= 15 is 0 Å². The molecule has 0 amide bonds. The monoisotopic (exact) mass is 334 g/mol. The van der Waals surface area contributed by atoms with Gasteiger partial charge in [0.15, 0.2) is 0 Å². The van der Waals surface area contributed by atoms with Crippen LogP contribution in [0.2, 0.25) is 0 Å². The minimum absolute atomic E-state index is 0.383. The number of rotatable bonds is 3. The van der Waals surface area contributed by atoms with Crippen LogP contribution in [0, 0.1) is 0 Å². The predicted molar refractivity (Wildman–Crippen MR) is 100 cm³/mol. The van der Waals surface area contributed by atoms with Crippen molar-refractivity contribution in [2.45, 2.75) is 0 Å². The molecule has 1 aliphatic heterocycles. The third kappa shape index (κ3) is 2.57. The summed E-state index contributed by atoms with van der Waals surface area (Å²) in [5.41, 5.74) is 2.83. The molecule has 0 bridgehead atoms. The lowest BCUT2D eigenvalue weighted by molar-refractivity contribution is 0.818. The number of amidine groups is 1. The van der Waals surface area contributed by atoms with Crippen molar-refractivity contribution in [2.75, 3.05) is 15.2 Å². The van der Waals surface area contributed by atoms with E-state index in [-0.39, 0.29) is 0 Å². The quantitative estimate of drug-likeness (QED) is 0.639. The Balaban J connectivity index is 1.83. The molecule has 0 saturated carbocycles. The number of hydrazine groups is 2. The molecule has 4 nitrogen and oxygen atoms in total. The second kappa shape index (κ2) is 6.26. The van der Waals surface area contributed by atoms with E-state index in [1.165, 1.54) is 0 Å². The third-order valence-corrected chi connectivity index (χ3v) is 3.93. The van der Waals surface area contributed by atoms with E-state index in [4.69, 9.17) is 11.6 Å². The van der Waals surface area contributed by atoms with Crippen molar-refractivity contribution in [2.24, 2.45) is 5.10 Å². The number of hydrazone groups is 1. The SMILES string of the molecule is ClC1=NN(c2ccccc2)N(c2ccccc2)N1c1ccccc1. The first-order valence-electron chi connectivity index (χ1n) is 7.64. The van der Waals surface area contributed by atoms with E-state index in [9.17, 15) is 0 Å². The molecule has 0 aliphatic carbocycles. The fourth-order valence-corrected chi connectivity index (χ4v) is 2.87. The van der Waals surface area contributed by atoms with Gasteiger partial charge in [0.25, 0.3) is 0 Å². The summed E-state index contributed by atoms with van der Waals surface area (Å²) in [6.45, 7) is 0. The molecule has 24 heavy (non-hydrogen) atoms. The lowest BCUT2D eigenvalue weighted by Crippen LogP contribution is -2.47. The molecule has 5 heteroatoms. The van der Waals surface area contributed by atoms with Crippen LogP contribution in [0.5, 0.6) is 0 Å². The van der Waals surface area contributed by atoms with Crippen LogP contribution in [-0.4, -0.2) is 5.29 Å². The normalized spacial score (nSPS) is 14.0. The van der Waals surface area contributed by atoms with Gasteiger partial charge < -0.3 is 0 Å². The molecule has 0 fully saturated rings. The number of hydrogen-bond donors (Lipinski definition) is 0. The summed E-state index contributed by atoms with van der Waals surface area (Å²) in [6.07, 6.45) is 0. The third-order valence-electron chi connectivity index (χ3n) is 3.70. The maximum atomic E-state index is 6.49. The zero-order valence-corrected chi connectivity index (χ0v) is 13.6. The summed E-state index contributed by atoms with van der Waals surface area (Å²) in [6, 6.07) is 29.9. The van der Waals surface area contributed by atoms with Gasteiger partial charge in [0, 0.05) is 0 Å². The number of halogens is 1. The Hall–Kier alpha value is -2.98. The molecular weight excluding hydrogens is 320 g/mol. The Morgan fingerprint density at radius 1 is 0.583 bits per heavy atom. The fraction of sp³-hybridized carbons (Fsp3) is 0. The van der Waals surface area contributed by atoms with Crippen LogP contribution in [-0.2, 0) is 0 Å². The van der Waals surface area contributed by atoms with E-state index in [2.05, 4.69) is 5.10 Å². The first-order chi connectivity index (χ1) is 11.8. The molecule has 118 valence electrons. The average Bonchev–Trinajstić information content (AvgIpc) is 3.01. The Morgan fingerprint density at radius 2 is 1.04 bits per heavy atom. The highest BCUT2D eigenvalue weighted by molar-refractivity contribution is 6.68. The van der Waals surface area contributed by atoms with Gasteiger partial charge in [-0.2, -0.15) is 5.12 Å². The highest BCUT2D eigenvalue weighted by Gasteiger charge is 2.33. The van der Waals surface area contributed by atoms with Crippen LogP contribution in [0.4, 0.5) is 17.1 Å². The lowest BCUT2D eigenvalue weighted by atomic mass is 10.3. The minimum Gasteiger partial charge on any atom is -0.203 e. The summed E-state index contributed by atoms with van der Waals surface area (Å²) >= 11 is 6.49. The molecule has 3 aromatic carbocycles. The van der Waals surface area contributed by atoms with Gasteiger partial charge in [-0.15, -0.1) is 10.2 Å². The van der Waals surface area contributed by atoms with Gasteiger partial charge >= 0.3 is 0 Å². The highest BCUT2D eigenvalue weighted by Crippen LogP contribution is 2.33. The molecule has 0 spiro atoms. The average molecular weight is 335 g/mol. The maximum absolute atomic E-state index is 6.49. The number of hydrogen-bond acceptors (Lipinski definition) is 4. The molecule has 0 saturated heterocycles. The molecule has 0 N–H and O–H groups in total. The first-order valence-corrected chi connectivity index (χ1v) is 8.02. The molecule has 1 heterocycles. The zero-order valence-electron chi connectivity index (χ0n) is 12.8. The second-order valence-corrected chi connectivity index (χ2v) is 5.60. The van der Waals surface area contributed by atoms with Gasteiger partial charge in [0.1, 0.15) is 0 Å². The molecule has 1 aliphatic rings. The number of anilines is 3. The van der Waals surface area contributed by atoms with Crippen LogP contribution in [0.3, 0.4) is 0 Å². The number of benzene rings is 3. The molecule has 0 radical (unpaired) electrons. The maximum Gasteiger partial charge on any atom is 0.244 e. The van der Waals surface area contributed by atoms with Crippen LogP contribution < -0.4 is 15.2 Å². The molecule has 0 atom stereocenters. The van der Waals surface area contributed by atoms with E-state index in [0.717, 1.165) is 17.1 Å². The Bertz CT molecular complexity index is 837. The van der Waals surface area contributed by atoms with Crippen LogP contribution in [0.25, 0.3) is 0 Å². The van der Waals surface area contributed by atoms with Gasteiger partial charge in [-0.25, -0.2) is 5.01 Å². The number of nitrogens with zero attached hydrogens (tertiary/aromatic N) is 4. The van der Waals surface area contributed by atoms with Crippen LogP contribution in [0.15, 0.2) is 96.1 Å². The Labute approximate surface area is 145 Å². The molecule has 0 unspecified atom stereocenters. The smallest absolute Gasteiger partial charge is 0.203 e. The Morgan fingerprint density at radius 3 is 1.58 bits per heavy atom. The van der Waals surface area contributed by atoms with Gasteiger partial charge in [0.2, 0.25) is 5.29 Å². The van der Waals surface area contributed by atoms with Crippen molar-refractivity contribution in [1.29, 1.82) is 0 Å². The van der Waals surface area contributed by atoms with Crippen LogP contribution in [0.1, 0.15) is 0 Å². The highest BCUT2D eigenvalue weighted by atomic mass is 35.5. The Kier molecular flexibility index (Phi) is 3.81. The van der Waals surface area contributed by atoms with Gasteiger partial charge in [-0.3, -0.25) is 0 Å². The topological polar surface area (TPSA) is 22.1 Å². The summed E-state index contributed by atoms with van der Waals surface area (Å²) in [5.74, 6) is 0. The van der Waals surface area contributed by atoms with Crippen molar-refractivity contribution in [3.8, 4) is 0 Å². The van der Waals surface area contributed by atoms with Crippen LogP contribution >= 0.6 is 11.6 Å². The van der Waals surface area contributed by atoms with Crippen molar-refractivity contribution < 1.29 is 0 Å². The van der Waals surface area contributed by atoms with Crippen molar-refractivity contribution >= 4 is 34.0 Å². The standard InChI is InChI=1S/C19H15ClN4/c20-19-21-23(17-12-6-2-7-13-17)24(18-14-8-3-9-15-18)22(19)16-10-4-1-5-11-16/h1-15H. The van der Waals surface area contributed by atoms with E-state index in [1.807, 2.05) is 101 Å². The largest absolute Gasteiger partial charge is 0.244 e.